The van der Waals surface area contributed by atoms with Gasteiger partial charge in [-0.2, -0.15) is 0 Å². The minimum atomic E-state index is 0.0421. The number of hydrogen-bond donors (Lipinski definition) is 1. The van der Waals surface area contributed by atoms with Crippen molar-refractivity contribution >= 4 is 5.78 Å². The summed E-state index contributed by atoms with van der Waals surface area (Å²) in [6.45, 7) is 3.73. The molecule has 0 unspecified atom stereocenters. The van der Waals surface area contributed by atoms with Crippen molar-refractivity contribution in [1.29, 1.82) is 0 Å². The van der Waals surface area contributed by atoms with E-state index in [1.165, 1.54) is 6.33 Å². The van der Waals surface area contributed by atoms with E-state index in [9.17, 15) is 4.79 Å². The highest BCUT2D eigenvalue weighted by Crippen LogP contribution is 2.02. The molecular formula is C7H10N2O. The highest BCUT2D eigenvalue weighted by molar-refractivity contribution is 5.95. The van der Waals surface area contributed by atoms with Gasteiger partial charge in [-0.3, -0.25) is 4.79 Å². The van der Waals surface area contributed by atoms with Gasteiger partial charge in [-0.1, -0.05) is 13.8 Å². The first kappa shape index (κ1) is 6.99. The first-order valence-electron chi connectivity index (χ1n) is 3.24. The van der Waals surface area contributed by atoms with Crippen molar-refractivity contribution in [3.05, 3.63) is 18.2 Å². The Labute approximate surface area is 59.5 Å². The summed E-state index contributed by atoms with van der Waals surface area (Å²) in [6, 6.07) is 0. The molecule has 0 aromatic carbocycles. The first-order chi connectivity index (χ1) is 4.72. The normalized spacial score (nSPS) is 10.3. The molecule has 54 valence electrons. The Morgan fingerprint density at radius 1 is 1.70 bits per heavy atom. The van der Waals surface area contributed by atoms with Crippen LogP contribution in [0.5, 0.6) is 0 Å². The van der Waals surface area contributed by atoms with Crippen molar-refractivity contribution in [2.75, 3.05) is 0 Å². The van der Waals surface area contributed by atoms with Crippen molar-refractivity contribution in [1.82, 2.24) is 9.97 Å². The third-order valence-corrected chi connectivity index (χ3v) is 1.29. The number of nitrogens with zero attached hydrogens (tertiary/aromatic N) is 1. The zero-order valence-electron chi connectivity index (χ0n) is 6.09. The predicted octanol–water partition coefficient (Wildman–Crippen LogP) is 1.25. The molecule has 0 saturated carbocycles. The Kier molecular flexibility index (Phi) is 1.85. The van der Waals surface area contributed by atoms with Gasteiger partial charge in [0, 0.05) is 5.92 Å². The number of hydrogen-bond acceptors (Lipinski definition) is 2. The first-order valence-corrected chi connectivity index (χ1v) is 3.24. The van der Waals surface area contributed by atoms with Gasteiger partial charge in [-0.05, 0) is 0 Å². The Bertz CT molecular complexity index is 214. The third kappa shape index (κ3) is 1.23. The molecule has 0 aliphatic carbocycles. The largest absolute Gasteiger partial charge is 0.342 e. The van der Waals surface area contributed by atoms with Gasteiger partial charge in [-0.25, -0.2) is 4.98 Å². The molecule has 0 amide bonds. The van der Waals surface area contributed by atoms with Gasteiger partial charge in [-0.15, -0.1) is 0 Å². The second-order valence-electron chi connectivity index (χ2n) is 2.48. The van der Waals surface area contributed by atoms with Crippen LogP contribution in [0.25, 0.3) is 0 Å². The van der Waals surface area contributed by atoms with Crippen molar-refractivity contribution < 1.29 is 4.79 Å². The second-order valence-corrected chi connectivity index (χ2v) is 2.48. The van der Waals surface area contributed by atoms with E-state index in [4.69, 9.17) is 0 Å². The summed E-state index contributed by atoms with van der Waals surface area (Å²) in [6.07, 6.45) is 3.05. The molecular weight excluding hydrogens is 128 g/mol. The summed E-state index contributed by atoms with van der Waals surface area (Å²) >= 11 is 0. The second kappa shape index (κ2) is 2.64. The maximum atomic E-state index is 11.1. The van der Waals surface area contributed by atoms with Crippen LogP contribution in [0.2, 0.25) is 0 Å². The number of H-pyrrole nitrogens is 1. The molecule has 10 heavy (non-hydrogen) atoms. The van der Waals surface area contributed by atoms with Gasteiger partial charge in [0.05, 0.1) is 12.5 Å². The lowest BCUT2D eigenvalue weighted by atomic mass is 10.1. The minimum Gasteiger partial charge on any atom is -0.342 e. The van der Waals surface area contributed by atoms with Crippen molar-refractivity contribution in [2.45, 2.75) is 13.8 Å². The van der Waals surface area contributed by atoms with Crippen LogP contribution in [-0.4, -0.2) is 15.8 Å². The molecule has 1 aromatic heterocycles. The summed E-state index contributed by atoms with van der Waals surface area (Å²) < 4.78 is 0. The van der Waals surface area contributed by atoms with Gasteiger partial charge in [0.2, 0.25) is 0 Å². The highest BCUT2D eigenvalue weighted by Gasteiger charge is 2.10. The zero-order valence-corrected chi connectivity index (χ0v) is 6.09. The van der Waals surface area contributed by atoms with E-state index < -0.39 is 0 Å². The molecule has 0 bridgehead atoms. The molecule has 3 heteroatoms. The van der Waals surface area contributed by atoms with Crippen LogP contribution in [0.3, 0.4) is 0 Å². The zero-order chi connectivity index (χ0) is 7.56. The minimum absolute atomic E-state index is 0.0421. The molecule has 0 spiro atoms. The molecule has 1 N–H and O–H groups in total. The number of carbonyl (C=O) groups excluding carboxylic acids is 1. The van der Waals surface area contributed by atoms with E-state index in [1.807, 2.05) is 13.8 Å². The number of Topliss-reactive ketones (excluding diaryl/α,β-unsaturated/α-hetero) is 1. The van der Waals surface area contributed by atoms with Crippen LogP contribution in [0.15, 0.2) is 12.5 Å². The number of nitrogens with one attached hydrogen (secondary N) is 1. The average molecular weight is 138 g/mol. The predicted molar refractivity (Wildman–Crippen MR) is 37.8 cm³/mol. The smallest absolute Gasteiger partial charge is 0.183 e. The summed E-state index contributed by atoms with van der Waals surface area (Å²) in [5.41, 5.74) is 0.593. The van der Waals surface area contributed by atoms with E-state index in [0.29, 0.717) is 5.69 Å². The van der Waals surface area contributed by atoms with E-state index in [2.05, 4.69) is 9.97 Å². The Balaban J connectivity index is 2.78. The lowest BCUT2D eigenvalue weighted by Gasteiger charge is -1.98. The molecule has 0 aliphatic heterocycles. The molecule has 0 fully saturated rings. The fraction of sp³-hybridized carbons (Fsp3) is 0.429. The molecule has 0 atom stereocenters. The quantitative estimate of drug-likeness (QED) is 0.625. The number of carbonyl (C=O) groups is 1. The van der Waals surface area contributed by atoms with E-state index in [0.717, 1.165) is 0 Å². The highest BCUT2D eigenvalue weighted by atomic mass is 16.1. The van der Waals surface area contributed by atoms with Crippen LogP contribution in [0.1, 0.15) is 24.3 Å². The Morgan fingerprint density at radius 3 is 2.80 bits per heavy atom. The average Bonchev–Trinajstić information content (AvgIpc) is 2.36. The van der Waals surface area contributed by atoms with Crippen molar-refractivity contribution in [2.24, 2.45) is 5.92 Å². The molecule has 0 saturated heterocycles. The van der Waals surface area contributed by atoms with Gasteiger partial charge in [0.25, 0.3) is 0 Å². The lowest BCUT2D eigenvalue weighted by Crippen LogP contribution is -2.07. The Morgan fingerprint density at radius 2 is 2.40 bits per heavy atom. The van der Waals surface area contributed by atoms with Gasteiger partial charge in [0.1, 0.15) is 5.69 Å². The third-order valence-electron chi connectivity index (χ3n) is 1.29. The summed E-state index contributed by atoms with van der Waals surface area (Å²) in [4.78, 5) is 17.6. The summed E-state index contributed by atoms with van der Waals surface area (Å²) in [7, 11) is 0. The maximum absolute atomic E-state index is 11.1. The van der Waals surface area contributed by atoms with Crippen molar-refractivity contribution in [3.63, 3.8) is 0 Å². The Hall–Kier alpha value is -1.12. The number of rotatable bonds is 2. The maximum Gasteiger partial charge on any atom is 0.183 e. The summed E-state index contributed by atoms with van der Waals surface area (Å²) in [5.74, 6) is 0.151. The van der Waals surface area contributed by atoms with E-state index in [1.54, 1.807) is 6.20 Å². The number of imidazole rings is 1. The molecule has 1 rings (SSSR count). The summed E-state index contributed by atoms with van der Waals surface area (Å²) in [5, 5.41) is 0. The number of ketones is 1. The van der Waals surface area contributed by atoms with Gasteiger partial charge < -0.3 is 4.98 Å². The standard InChI is InChI=1S/C7H10N2O/c1-5(2)7(10)6-3-8-4-9-6/h3-5H,1-2H3,(H,8,9). The fourth-order valence-corrected chi connectivity index (χ4v) is 0.702. The SMILES string of the molecule is CC(C)C(=O)c1cnc[nH]1. The molecule has 1 heterocycles. The fourth-order valence-electron chi connectivity index (χ4n) is 0.702. The lowest BCUT2D eigenvalue weighted by molar-refractivity contribution is 0.0935. The molecule has 3 nitrogen and oxygen atoms in total. The molecule has 1 aromatic rings. The number of aromatic nitrogens is 2. The van der Waals surface area contributed by atoms with Crippen molar-refractivity contribution in [3.8, 4) is 0 Å². The topological polar surface area (TPSA) is 45.8 Å². The van der Waals surface area contributed by atoms with E-state index >= 15 is 0 Å². The van der Waals surface area contributed by atoms with Gasteiger partial charge in [0.15, 0.2) is 5.78 Å². The van der Waals surface area contributed by atoms with Crippen LogP contribution in [0.4, 0.5) is 0 Å². The van der Waals surface area contributed by atoms with Crippen LogP contribution >= 0.6 is 0 Å². The van der Waals surface area contributed by atoms with E-state index in [-0.39, 0.29) is 11.7 Å². The van der Waals surface area contributed by atoms with Crippen LogP contribution in [0, 0.1) is 5.92 Å². The van der Waals surface area contributed by atoms with Crippen LogP contribution in [-0.2, 0) is 0 Å². The van der Waals surface area contributed by atoms with Gasteiger partial charge >= 0.3 is 0 Å². The molecule has 0 radical (unpaired) electrons. The monoisotopic (exact) mass is 138 g/mol. The van der Waals surface area contributed by atoms with Crippen LogP contribution < -0.4 is 0 Å². The molecule has 0 aliphatic rings. The number of aromatic amines is 1.